The minimum Gasteiger partial charge on any atom is -0.103 e. The average Bonchev–Trinajstić information content (AvgIpc) is 2.24. The molecule has 0 amide bonds. The van der Waals surface area contributed by atoms with Gasteiger partial charge in [0.1, 0.15) is 0 Å². The van der Waals surface area contributed by atoms with Crippen molar-refractivity contribution in [3.8, 4) is 11.8 Å². The SMILES string of the molecule is CCCC#CCCc1cccc(Cl)c1Cl. The molecule has 0 fully saturated rings. The highest BCUT2D eigenvalue weighted by Gasteiger charge is 2.02. The van der Waals surface area contributed by atoms with Crippen molar-refractivity contribution in [2.45, 2.75) is 32.6 Å². The van der Waals surface area contributed by atoms with E-state index in [0.29, 0.717) is 10.0 Å². The summed E-state index contributed by atoms with van der Waals surface area (Å²) < 4.78 is 0. The lowest BCUT2D eigenvalue weighted by Crippen LogP contribution is -1.85. The summed E-state index contributed by atoms with van der Waals surface area (Å²) in [5.74, 6) is 6.24. The van der Waals surface area contributed by atoms with Crippen LogP contribution in [0.2, 0.25) is 10.0 Å². The molecule has 0 aromatic heterocycles. The van der Waals surface area contributed by atoms with E-state index >= 15 is 0 Å². The number of rotatable bonds is 3. The third-order valence-corrected chi connectivity index (χ3v) is 2.91. The first-order valence-corrected chi connectivity index (χ1v) is 5.90. The summed E-state index contributed by atoms with van der Waals surface area (Å²) in [5.41, 5.74) is 1.08. The second kappa shape index (κ2) is 6.77. The van der Waals surface area contributed by atoms with Crippen LogP contribution < -0.4 is 0 Å². The quantitative estimate of drug-likeness (QED) is 0.671. The maximum Gasteiger partial charge on any atom is 0.0624 e. The summed E-state index contributed by atoms with van der Waals surface area (Å²) in [7, 11) is 0. The van der Waals surface area contributed by atoms with Gasteiger partial charge in [0, 0.05) is 12.8 Å². The first kappa shape index (κ1) is 12.4. The van der Waals surface area contributed by atoms with E-state index in [1.807, 2.05) is 12.1 Å². The Morgan fingerprint density at radius 1 is 1.13 bits per heavy atom. The second-order valence-corrected chi connectivity index (χ2v) is 4.10. The molecule has 0 aliphatic carbocycles. The molecular formula is C13H14Cl2. The third kappa shape index (κ3) is 4.16. The van der Waals surface area contributed by atoms with E-state index in [1.54, 1.807) is 6.07 Å². The Labute approximate surface area is 102 Å². The molecule has 15 heavy (non-hydrogen) atoms. The number of hydrogen-bond acceptors (Lipinski definition) is 0. The lowest BCUT2D eigenvalue weighted by Gasteiger charge is -2.02. The fourth-order valence-corrected chi connectivity index (χ4v) is 1.66. The van der Waals surface area contributed by atoms with E-state index in [4.69, 9.17) is 23.2 Å². The maximum atomic E-state index is 6.05. The van der Waals surface area contributed by atoms with Crippen molar-refractivity contribution >= 4 is 23.2 Å². The highest BCUT2D eigenvalue weighted by atomic mass is 35.5. The van der Waals surface area contributed by atoms with Gasteiger partial charge in [-0.25, -0.2) is 0 Å². The van der Waals surface area contributed by atoms with Crippen molar-refractivity contribution in [1.29, 1.82) is 0 Å². The number of aryl methyl sites for hydroxylation is 1. The Hall–Kier alpha value is -0.640. The smallest absolute Gasteiger partial charge is 0.0624 e. The van der Waals surface area contributed by atoms with Gasteiger partial charge in [-0.1, -0.05) is 42.3 Å². The van der Waals surface area contributed by atoms with Crippen LogP contribution in [0.3, 0.4) is 0 Å². The van der Waals surface area contributed by atoms with E-state index in [1.165, 1.54) is 0 Å². The fourth-order valence-electron chi connectivity index (χ4n) is 1.24. The van der Waals surface area contributed by atoms with Crippen LogP contribution in [0.1, 0.15) is 31.7 Å². The third-order valence-electron chi connectivity index (χ3n) is 2.05. The first-order chi connectivity index (χ1) is 7.25. The molecule has 0 saturated heterocycles. The number of benzene rings is 1. The van der Waals surface area contributed by atoms with Crippen LogP contribution in [-0.4, -0.2) is 0 Å². The van der Waals surface area contributed by atoms with Gasteiger partial charge in [0.25, 0.3) is 0 Å². The summed E-state index contributed by atoms with van der Waals surface area (Å²) in [4.78, 5) is 0. The fraction of sp³-hybridized carbons (Fsp3) is 0.385. The minimum absolute atomic E-state index is 0.621. The largest absolute Gasteiger partial charge is 0.103 e. The molecule has 80 valence electrons. The van der Waals surface area contributed by atoms with Crippen molar-refractivity contribution in [1.82, 2.24) is 0 Å². The van der Waals surface area contributed by atoms with Crippen LogP contribution in [0, 0.1) is 11.8 Å². The monoisotopic (exact) mass is 240 g/mol. The standard InChI is InChI=1S/C13H14Cl2/c1-2-3-4-5-6-8-11-9-7-10-12(14)13(11)15/h7,9-10H,2-3,6,8H2,1H3. The highest BCUT2D eigenvalue weighted by Crippen LogP contribution is 2.26. The Bertz CT molecular complexity index is 372. The van der Waals surface area contributed by atoms with Crippen molar-refractivity contribution < 1.29 is 0 Å². The molecule has 0 spiro atoms. The topological polar surface area (TPSA) is 0 Å². The minimum atomic E-state index is 0.621. The summed E-state index contributed by atoms with van der Waals surface area (Å²) in [6, 6.07) is 5.72. The summed E-state index contributed by atoms with van der Waals surface area (Å²) in [6.07, 6.45) is 3.81. The Balaban J connectivity index is 2.52. The van der Waals surface area contributed by atoms with Crippen molar-refractivity contribution in [3.05, 3.63) is 33.8 Å². The van der Waals surface area contributed by atoms with Gasteiger partial charge in [-0.2, -0.15) is 0 Å². The Morgan fingerprint density at radius 3 is 2.60 bits per heavy atom. The van der Waals surface area contributed by atoms with Gasteiger partial charge in [0.05, 0.1) is 10.0 Å². The highest BCUT2D eigenvalue weighted by molar-refractivity contribution is 6.42. The molecule has 0 N–H and O–H groups in total. The molecule has 0 saturated carbocycles. The maximum absolute atomic E-state index is 6.05. The van der Waals surface area contributed by atoms with Crippen LogP contribution in [0.5, 0.6) is 0 Å². The zero-order chi connectivity index (χ0) is 11.1. The predicted octanol–water partition coefficient (Wildman–Crippen LogP) is 4.73. The van der Waals surface area contributed by atoms with Gasteiger partial charge in [-0.05, 0) is 24.5 Å². The molecule has 0 aliphatic heterocycles. The van der Waals surface area contributed by atoms with Gasteiger partial charge in [0.2, 0.25) is 0 Å². The zero-order valence-corrected chi connectivity index (χ0v) is 10.3. The van der Waals surface area contributed by atoms with Gasteiger partial charge in [-0.3, -0.25) is 0 Å². The molecule has 1 rings (SSSR count). The van der Waals surface area contributed by atoms with E-state index in [2.05, 4.69) is 18.8 Å². The second-order valence-electron chi connectivity index (χ2n) is 3.32. The molecule has 0 radical (unpaired) electrons. The van der Waals surface area contributed by atoms with Crippen LogP contribution in [0.25, 0.3) is 0 Å². The van der Waals surface area contributed by atoms with Gasteiger partial charge < -0.3 is 0 Å². The molecule has 0 nitrogen and oxygen atoms in total. The predicted molar refractivity (Wildman–Crippen MR) is 67.5 cm³/mol. The van der Waals surface area contributed by atoms with Crippen LogP contribution in [-0.2, 0) is 6.42 Å². The molecule has 0 heterocycles. The number of unbranched alkanes of at least 4 members (excludes halogenated alkanes) is 1. The molecule has 0 bridgehead atoms. The Kier molecular flexibility index (Phi) is 5.61. The molecule has 2 heteroatoms. The van der Waals surface area contributed by atoms with Gasteiger partial charge in [0.15, 0.2) is 0 Å². The molecular weight excluding hydrogens is 227 g/mol. The van der Waals surface area contributed by atoms with Crippen LogP contribution in [0.15, 0.2) is 18.2 Å². The summed E-state index contributed by atoms with van der Waals surface area (Å²) in [6.45, 7) is 2.13. The lowest BCUT2D eigenvalue weighted by molar-refractivity contribution is 0.974. The van der Waals surface area contributed by atoms with Crippen LogP contribution >= 0.6 is 23.2 Å². The van der Waals surface area contributed by atoms with Crippen LogP contribution in [0.4, 0.5) is 0 Å². The molecule has 1 aromatic rings. The van der Waals surface area contributed by atoms with E-state index < -0.39 is 0 Å². The number of hydrogen-bond donors (Lipinski definition) is 0. The van der Waals surface area contributed by atoms with E-state index in [0.717, 1.165) is 31.2 Å². The van der Waals surface area contributed by atoms with E-state index in [-0.39, 0.29) is 0 Å². The molecule has 0 unspecified atom stereocenters. The molecule has 0 atom stereocenters. The lowest BCUT2D eigenvalue weighted by atomic mass is 10.1. The first-order valence-electron chi connectivity index (χ1n) is 5.14. The molecule has 0 aliphatic rings. The van der Waals surface area contributed by atoms with Gasteiger partial charge >= 0.3 is 0 Å². The average molecular weight is 241 g/mol. The molecule has 1 aromatic carbocycles. The summed E-state index contributed by atoms with van der Waals surface area (Å²) in [5, 5.41) is 1.28. The number of halogens is 2. The zero-order valence-electron chi connectivity index (χ0n) is 8.82. The Morgan fingerprint density at radius 2 is 1.87 bits per heavy atom. The van der Waals surface area contributed by atoms with Gasteiger partial charge in [-0.15, -0.1) is 11.8 Å². The normalized spacial score (nSPS) is 9.53. The van der Waals surface area contributed by atoms with Crippen molar-refractivity contribution in [2.75, 3.05) is 0 Å². The van der Waals surface area contributed by atoms with Crippen molar-refractivity contribution in [3.63, 3.8) is 0 Å². The van der Waals surface area contributed by atoms with Crippen molar-refractivity contribution in [2.24, 2.45) is 0 Å². The summed E-state index contributed by atoms with van der Waals surface area (Å²) >= 11 is 12.0. The van der Waals surface area contributed by atoms with E-state index in [9.17, 15) is 0 Å².